The predicted molar refractivity (Wildman–Crippen MR) is 90.3 cm³/mol. The highest BCUT2D eigenvalue weighted by atomic mass is 16.2. The number of aromatic nitrogens is 2. The Morgan fingerprint density at radius 1 is 1.38 bits per heavy atom. The SMILES string of the molecule is CC(C(=O)NCC1CC(=O)N(C2CC2)C1)n1cnc2ccccc21. The summed E-state index contributed by atoms with van der Waals surface area (Å²) in [5.41, 5.74) is 1.84. The Morgan fingerprint density at radius 2 is 2.17 bits per heavy atom. The van der Waals surface area contributed by atoms with Gasteiger partial charge in [0.1, 0.15) is 6.04 Å². The van der Waals surface area contributed by atoms with Crippen LogP contribution in [0.3, 0.4) is 0 Å². The van der Waals surface area contributed by atoms with E-state index in [2.05, 4.69) is 10.3 Å². The van der Waals surface area contributed by atoms with E-state index in [0.29, 0.717) is 19.0 Å². The Balaban J connectivity index is 1.37. The van der Waals surface area contributed by atoms with Gasteiger partial charge in [-0.3, -0.25) is 9.59 Å². The molecule has 0 radical (unpaired) electrons. The zero-order valence-corrected chi connectivity index (χ0v) is 13.8. The molecule has 0 spiro atoms. The van der Waals surface area contributed by atoms with Crippen molar-refractivity contribution < 1.29 is 9.59 Å². The van der Waals surface area contributed by atoms with Crippen LogP contribution >= 0.6 is 0 Å². The van der Waals surface area contributed by atoms with Crippen LogP contribution in [0, 0.1) is 5.92 Å². The molecule has 2 heterocycles. The molecule has 2 atom stereocenters. The van der Waals surface area contributed by atoms with Gasteiger partial charge in [-0.05, 0) is 31.9 Å². The monoisotopic (exact) mass is 326 g/mol. The number of carbonyl (C=O) groups is 2. The maximum absolute atomic E-state index is 12.5. The summed E-state index contributed by atoms with van der Waals surface area (Å²) in [7, 11) is 0. The molecule has 24 heavy (non-hydrogen) atoms. The average molecular weight is 326 g/mol. The van der Waals surface area contributed by atoms with E-state index in [0.717, 1.165) is 30.4 Å². The minimum absolute atomic E-state index is 0.0320. The molecule has 0 bridgehead atoms. The number of carbonyl (C=O) groups excluding carboxylic acids is 2. The molecule has 1 N–H and O–H groups in total. The molecule has 2 fully saturated rings. The highest BCUT2D eigenvalue weighted by Gasteiger charge is 2.39. The van der Waals surface area contributed by atoms with Crippen LogP contribution in [0.4, 0.5) is 0 Å². The summed E-state index contributed by atoms with van der Waals surface area (Å²) in [6, 6.07) is 7.93. The van der Waals surface area contributed by atoms with E-state index in [1.807, 2.05) is 40.7 Å². The van der Waals surface area contributed by atoms with Crippen LogP contribution in [0.15, 0.2) is 30.6 Å². The first-order valence-corrected chi connectivity index (χ1v) is 8.62. The molecule has 6 heteroatoms. The molecule has 1 aromatic carbocycles. The topological polar surface area (TPSA) is 67.2 Å². The van der Waals surface area contributed by atoms with Crippen molar-refractivity contribution in [2.45, 2.75) is 38.3 Å². The molecule has 2 unspecified atom stereocenters. The Bertz CT molecular complexity index is 780. The number of imidazole rings is 1. The second kappa shape index (κ2) is 5.92. The van der Waals surface area contributed by atoms with Gasteiger partial charge in [-0.15, -0.1) is 0 Å². The van der Waals surface area contributed by atoms with Crippen LogP contribution in [0.2, 0.25) is 0 Å². The number of benzene rings is 1. The Hall–Kier alpha value is -2.37. The van der Waals surface area contributed by atoms with Crippen molar-refractivity contribution in [2.75, 3.05) is 13.1 Å². The number of hydrogen-bond acceptors (Lipinski definition) is 3. The summed E-state index contributed by atoms with van der Waals surface area (Å²) in [4.78, 5) is 30.8. The number of nitrogens with zero attached hydrogens (tertiary/aromatic N) is 3. The van der Waals surface area contributed by atoms with E-state index >= 15 is 0 Å². The van der Waals surface area contributed by atoms with Crippen LogP contribution in [-0.4, -0.2) is 45.4 Å². The summed E-state index contributed by atoms with van der Waals surface area (Å²) in [5, 5.41) is 3.01. The summed E-state index contributed by atoms with van der Waals surface area (Å²) in [6.45, 7) is 3.22. The Labute approximate surface area is 140 Å². The summed E-state index contributed by atoms with van der Waals surface area (Å²) < 4.78 is 1.89. The molecule has 1 saturated heterocycles. The van der Waals surface area contributed by atoms with Gasteiger partial charge in [-0.25, -0.2) is 4.98 Å². The van der Waals surface area contributed by atoms with Crippen molar-refractivity contribution in [3.05, 3.63) is 30.6 Å². The minimum Gasteiger partial charge on any atom is -0.354 e. The summed E-state index contributed by atoms with van der Waals surface area (Å²) >= 11 is 0. The van der Waals surface area contributed by atoms with Crippen molar-refractivity contribution >= 4 is 22.8 Å². The first kappa shape index (κ1) is 15.2. The van der Waals surface area contributed by atoms with Crippen LogP contribution in [0.25, 0.3) is 11.0 Å². The van der Waals surface area contributed by atoms with Gasteiger partial charge in [0, 0.05) is 31.5 Å². The van der Waals surface area contributed by atoms with Crippen molar-refractivity contribution in [1.29, 1.82) is 0 Å². The molecule has 2 aliphatic rings. The van der Waals surface area contributed by atoms with Gasteiger partial charge >= 0.3 is 0 Å². The molecular weight excluding hydrogens is 304 g/mol. The molecule has 1 aliphatic heterocycles. The third kappa shape index (κ3) is 2.77. The first-order chi connectivity index (χ1) is 11.6. The fourth-order valence-electron chi connectivity index (χ4n) is 3.49. The van der Waals surface area contributed by atoms with E-state index < -0.39 is 0 Å². The second-order valence-corrected chi connectivity index (χ2v) is 6.91. The maximum Gasteiger partial charge on any atom is 0.242 e. The maximum atomic E-state index is 12.5. The van der Waals surface area contributed by atoms with E-state index in [1.165, 1.54) is 0 Å². The van der Waals surface area contributed by atoms with Crippen molar-refractivity contribution in [3.63, 3.8) is 0 Å². The van der Waals surface area contributed by atoms with Crippen molar-refractivity contribution in [2.24, 2.45) is 5.92 Å². The van der Waals surface area contributed by atoms with E-state index in [-0.39, 0.29) is 23.8 Å². The van der Waals surface area contributed by atoms with Gasteiger partial charge in [-0.1, -0.05) is 12.1 Å². The molecule has 6 nitrogen and oxygen atoms in total. The second-order valence-electron chi connectivity index (χ2n) is 6.91. The molecule has 2 amide bonds. The fraction of sp³-hybridized carbons (Fsp3) is 0.500. The normalized spacial score (nSPS) is 22.1. The number of para-hydroxylation sites is 2. The average Bonchev–Trinajstić information content (AvgIpc) is 3.23. The molecular formula is C18H22N4O2. The lowest BCUT2D eigenvalue weighted by Crippen LogP contribution is -2.35. The third-order valence-corrected chi connectivity index (χ3v) is 5.07. The molecule has 1 aromatic heterocycles. The number of fused-ring (bicyclic) bond motifs is 1. The smallest absolute Gasteiger partial charge is 0.242 e. The van der Waals surface area contributed by atoms with Gasteiger partial charge in [0.05, 0.1) is 17.4 Å². The van der Waals surface area contributed by atoms with E-state index in [9.17, 15) is 9.59 Å². The number of nitrogens with one attached hydrogen (secondary N) is 1. The Morgan fingerprint density at radius 3 is 2.96 bits per heavy atom. The quantitative estimate of drug-likeness (QED) is 0.910. The highest BCUT2D eigenvalue weighted by Crippen LogP contribution is 2.32. The summed E-state index contributed by atoms with van der Waals surface area (Å²) in [5.74, 6) is 0.439. The minimum atomic E-state index is -0.325. The zero-order valence-electron chi connectivity index (χ0n) is 13.8. The van der Waals surface area contributed by atoms with Crippen LogP contribution < -0.4 is 5.32 Å². The lowest BCUT2D eigenvalue weighted by molar-refractivity contribution is -0.128. The van der Waals surface area contributed by atoms with Crippen LogP contribution in [0.1, 0.15) is 32.2 Å². The van der Waals surface area contributed by atoms with Gasteiger partial charge in [0.15, 0.2) is 0 Å². The Kier molecular flexibility index (Phi) is 3.75. The number of amides is 2. The molecule has 126 valence electrons. The summed E-state index contributed by atoms with van der Waals surface area (Å²) in [6.07, 6.45) is 4.53. The number of rotatable bonds is 5. The van der Waals surface area contributed by atoms with Crippen LogP contribution in [0.5, 0.6) is 0 Å². The number of hydrogen-bond donors (Lipinski definition) is 1. The first-order valence-electron chi connectivity index (χ1n) is 8.62. The fourth-order valence-corrected chi connectivity index (χ4v) is 3.49. The van der Waals surface area contributed by atoms with Crippen molar-refractivity contribution in [3.8, 4) is 0 Å². The van der Waals surface area contributed by atoms with Gasteiger partial charge in [0.2, 0.25) is 11.8 Å². The zero-order chi connectivity index (χ0) is 16.7. The third-order valence-electron chi connectivity index (χ3n) is 5.07. The predicted octanol–water partition coefficient (Wildman–Crippen LogP) is 1.72. The van der Waals surface area contributed by atoms with E-state index in [4.69, 9.17) is 0 Å². The van der Waals surface area contributed by atoms with E-state index in [1.54, 1.807) is 6.33 Å². The van der Waals surface area contributed by atoms with Crippen LogP contribution in [-0.2, 0) is 9.59 Å². The standard InChI is InChI=1S/C18H22N4O2/c1-12(22-11-20-15-4-2-3-5-16(15)22)18(24)19-9-13-8-17(23)21(10-13)14-6-7-14/h2-5,11-14H,6-10H2,1H3,(H,19,24). The lowest BCUT2D eigenvalue weighted by atomic mass is 10.1. The van der Waals surface area contributed by atoms with Gasteiger partial charge < -0.3 is 14.8 Å². The molecule has 2 aromatic rings. The lowest BCUT2D eigenvalue weighted by Gasteiger charge is -2.18. The highest BCUT2D eigenvalue weighted by molar-refractivity contribution is 5.84. The molecule has 1 saturated carbocycles. The largest absolute Gasteiger partial charge is 0.354 e. The van der Waals surface area contributed by atoms with Crippen molar-refractivity contribution in [1.82, 2.24) is 19.8 Å². The number of likely N-dealkylation sites (tertiary alicyclic amines) is 1. The van der Waals surface area contributed by atoms with Gasteiger partial charge in [-0.2, -0.15) is 0 Å². The molecule has 1 aliphatic carbocycles. The molecule has 4 rings (SSSR count). The van der Waals surface area contributed by atoms with Gasteiger partial charge in [0.25, 0.3) is 0 Å².